The molecule has 1 unspecified atom stereocenters. The van der Waals surface area contributed by atoms with Crippen LogP contribution < -0.4 is 5.73 Å². The Morgan fingerprint density at radius 2 is 2.06 bits per heavy atom. The molecular formula is C10H11NO5. The quantitative estimate of drug-likeness (QED) is 0.454. The van der Waals surface area contributed by atoms with Crippen molar-refractivity contribution in [2.45, 2.75) is 12.1 Å². The fraction of sp³-hybridized carbons (Fsp3) is 0.200. The van der Waals surface area contributed by atoms with Gasteiger partial charge in [0.2, 0.25) is 0 Å². The predicted molar refractivity (Wildman–Crippen MR) is 54.5 cm³/mol. The summed E-state index contributed by atoms with van der Waals surface area (Å²) in [6.07, 6.45) is 3.19. The minimum absolute atomic E-state index is 0.00453. The molecular weight excluding hydrogens is 214 g/mol. The fourth-order valence-electron chi connectivity index (χ4n) is 1.14. The van der Waals surface area contributed by atoms with Crippen LogP contribution >= 0.6 is 0 Å². The molecule has 86 valence electrons. The van der Waals surface area contributed by atoms with Gasteiger partial charge in [-0.15, -0.1) is 0 Å². The van der Waals surface area contributed by atoms with Crippen LogP contribution in [0, 0.1) is 0 Å². The Labute approximate surface area is 91.3 Å². The van der Waals surface area contributed by atoms with Crippen molar-refractivity contribution in [3.63, 3.8) is 0 Å². The molecule has 1 aliphatic carbocycles. The van der Waals surface area contributed by atoms with Gasteiger partial charge in [-0.2, -0.15) is 0 Å². The molecule has 0 bridgehead atoms. The van der Waals surface area contributed by atoms with Gasteiger partial charge in [0.15, 0.2) is 5.76 Å². The highest BCUT2D eigenvalue weighted by molar-refractivity contribution is 5.90. The summed E-state index contributed by atoms with van der Waals surface area (Å²) >= 11 is 0. The van der Waals surface area contributed by atoms with Gasteiger partial charge in [-0.3, -0.25) is 0 Å². The molecule has 0 aromatic heterocycles. The second kappa shape index (κ2) is 4.63. The van der Waals surface area contributed by atoms with Crippen LogP contribution in [-0.4, -0.2) is 34.3 Å². The van der Waals surface area contributed by atoms with Crippen molar-refractivity contribution < 1.29 is 24.5 Å². The molecule has 16 heavy (non-hydrogen) atoms. The van der Waals surface area contributed by atoms with Gasteiger partial charge >= 0.3 is 11.9 Å². The molecule has 0 spiro atoms. The zero-order chi connectivity index (χ0) is 12.3. The minimum atomic E-state index is -1.31. The summed E-state index contributed by atoms with van der Waals surface area (Å²) in [5.74, 6) is -2.92. The molecule has 0 fully saturated rings. The standard InChI is InChI=1S/C10H11NO5/c1-5(9(12)13)16-8-4-6(10(14)15)2-3-7(8)11/h2-4,7-8H,1,11H2,(H,12,13)(H,14,15)/t7-,8?/m0/s1. The Hall–Kier alpha value is -2.08. The molecule has 6 heteroatoms. The monoisotopic (exact) mass is 225 g/mol. The second-order valence-electron chi connectivity index (χ2n) is 3.17. The summed E-state index contributed by atoms with van der Waals surface area (Å²) in [5, 5.41) is 17.3. The maximum absolute atomic E-state index is 10.7. The van der Waals surface area contributed by atoms with E-state index in [1.165, 1.54) is 18.2 Å². The van der Waals surface area contributed by atoms with Crippen LogP contribution in [-0.2, 0) is 14.3 Å². The van der Waals surface area contributed by atoms with E-state index in [-0.39, 0.29) is 5.57 Å². The third-order valence-corrected chi connectivity index (χ3v) is 1.99. The lowest BCUT2D eigenvalue weighted by molar-refractivity contribution is -0.137. The van der Waals surface area contributed by atoms with Gasteiger partial charge in [-0.1, -0.05) is 12.2 Å². The minimum Gasteiger partial charge on any atom is -0.478 e. The highest BCUT2D eigenvalue weighted by atomic mass is 16.5. The van der Waals surface area contributed by atoms with Gasteiger partial charge in [0, 0.05) is 0 Å². The summed E-state index contributed by atoms with van der Waals surface area (Å²) in [6, 6.07) is -0.598. The molecule has 0 saturated heterocycles. The molecule has 0 saturated carbocycles. The number of carbonyl (C=O) groups is 2. The van der Waals surface area contributed by atoms with Crippen molar-refractivity contribution in [3.05, 3.63) is 36.1 Å². The first-order valence-corrected chi connectivity index (χ1v) is 4.39. The van der Waals surface area contributed by atoms with Gasteiger partial charge in [-0.05, 0) is 12.7 Å². The second-order valence-corrected chi connectivity index (χ2v) is 3.17. The zero-order valence-electron chi connectivity index (χ0n) is 8.29. The molecule has 1 rings (SSSR count). The molecule has 0 heterocycles. The third-order valence-electron chi connectivity index (χ3n) is 1.99. The van der Waals surface area contributed by atoms with Gasteiger partial charge < -0.3 is 20.7 Å². The van der Waals surface area contributed by atoms with Crippen molar-refractivity contribution in [2.24, 2.45) is 5.73 Å². The normalized spacial score (nSPS) is 23.4. The largest absolute Gasteiger partial charge is 0.478 e. The Balaban J connectivity index is 2.80. The van der Waals surface area contributed by atoms with Crippen molar-refractivity contribution in [1.82, 2.24) is 0 Å². The molecule has 0 aromatic rings. The molecule has 6 nitrogen and oxygen atoms in total. The Kier molecular flexibility index (Phi) is 3.47. The summed E-state index contributed by atoms with van der Waals surface area (Å²) in [6.45, 7) is 3.17. The Bertz CT molecular complexity index is 396. The van der Waals surface area contributed by atoms with E-state index in [0.717, 1.165) is 0 Å². The maximum Gasteiger partial charge on any atom is 0.370 e. The number of carboxylic acids is 2. The predicted octanol–water partition coefficient (Wildman–Crippen LogP) is -0.122. The van der Waals surface area contributed by atoms with Crippen LogP contribution in [0.15, 0.2) is 36.1 Å². The number of carboxylic acid groups (broad SMARTS) is 2. The zero-order valence-corrected chi connectivity index (χ0v) is 8.29. The summed E-state index contributed by atoms with van der Waals surface area (Å²) in [5.41, 5.74) is 5.61. The van der Waals surface area contributed by atoms with Gasteiger partial charge in [0.25, 0.3) is 0 Å². The Morgan fingerprint density at radius 3 is 2.56 bits per heavy atom. The first-order chi connectivity index (χ1) is 7.41. The molecule has 0 aromatic carbocycles. The van der Waals surface area contributed by atoms with Crippen LogP contribution in [0.1, 0.15) is 0 Å². The number of nitrogens with two attached hydrogens (primary N) is 1. The average Bonchev–Trinajstić information content (AvgIpc) is 2.20. The van der Waals surface area contributed by atoms with Crippen LogP contribution in [0.3, 0.4) is 0 Å². The number of hydrogen-bond donors (Lipinski definition) is 3. The van der Waals surface area contributed by atoms with E-state index in [0.29, 0.717) is 0 Å². The average molecular weight is 225 g/mol. The summed E-state index contributed by atoms with van der Waals surface area (Å²) in [7, 11) is 0. The van der Waals surface area contributed by atoms with Crippen LogP contribution in [0.4, 0.5) is 0 Å². The lowest BCUT2D eigenvalue weighted by Gasteiger charge is -2.22. The topological polar surface area (TPSA) is 110 Å². The van der Waals surface area contributed by atoms with E-state index in [1.807, 2.05) is 0 Å². The van der Waals surface area contributed by atoms with Crippen LogP contribution in [0.5, 0.6) is 0 Å². The third kappa shape index (κ3) is 2.71. The van der Waals surface area contributed by atoms with E-state index in [2.05, 4.69) is 6.58 Å². The van der Waals surface area contributed by atoms with E-state index >= 15 is 0 Å². The van der Waals surface area contributed by atoms with Crippen molar-refractivity contribution in [3.8, 4) is 0 Å². The maximum atomic E-state index is 10.7. The van der Waals surface area contributed by atoms with E-state index in [9.17, 15) is 9.59 Å². The van der Waals surface area contributed by atoms with Gasteiger partial charge in [0.1, 0.15) is 6.10 Å². The molecule has 0 radical (unpaired) electrons. The highest BCUT2D eigenvalue weighted by Crippen LogP contribution is 2.15. The first-order valence-electron chi connectivity index (χ1n) is 4.39. The highest BCUT2D eigenvalue weighted by Gasteiger charge is 2.23. The van der Waals surface area contributed by atoms with E-state index < -0.39 is 29.8 Å². The molecule has 2 atom stereocenters. The van der Waals surface area contributed by atoms with Crippen molar-refractivity contribution >= 4 is 11.9 Å². The number of hydrogen-bond acceptors (Lipinski definition) is 4. The molecule has 0 aliphatic heterocycles. The van der Waals surface area contributed by atoms with Crippen LogP contribution in [0.2, 0.25) is 0 Å². The van der Waals surface area contributed by atoms with Crippen molar-refractivity contribution in [2.75, 3.05) is 0 Å². The molecule has 1 aliphatic rings. The molecule has 0 amide bonds. The lowest BCUT2D eigenvalue weighted by atomic mass is 10.0. The van der Waals surface area contributed by atoms with Crippen LogP contribution in [0.25, 0.3) is 0 Å². The number of aliphatic carboxylic acids is 2. The smallest absolute Gasteiger partial charge is 0.370 e. The number of rotatable bonds is 4. The van der Waals surface area contributed by atoms with Gasteiger partial charge in [0.05, 0.1) is 11.6 Å². The summed E-state index contributed by atoms with van der Waals surface area (Å²) in [4.78, 5) is 21.1. The summed E-state index contributed by atoms with van der Waals surface area (Å²) < 4.78 is 4.94. The lowest BCUT2D eigenvalue weighted by Crippen LogP contribution is -2.36. The van der Waals surface area contributed by atoms with E-state index in [1.54, 1.807) is 0 Å². The fourth-order valence-corrected chi connectivity index (χ4v) is 1.14. The Morgan fingerprint density at radius 1 is 1.44 bits per heavy atom. The SMILES string of the molecule is C=C(OC1C=C(C(=O)O)C=C[C@@H]1N)C(=O)O. The van der Waals surface area contributed by atoms with E-state index in [4.69, 9.17) is 20.7 Å². The van der Waals surface area contributed by atoms with Crippen molar-refractivity contribution in [1.29, 1.82) is 0 Å². The van der Waals surface area contributed by atoms with Gasteiger partial charge in [-0.25, -0.2) is 9.59 Å². The number of ether oxygens (including phenoxy) is 1. The first kappa shape index (κ1) is 12.0. The molecule has 4 N–H and O–H groups in total.